The van der Waals surface area contributed by atoms with Crippen molar-refractivity contribution in [3.8, 4) is 0 Å². The first-order valence-electron chi connectivity index (χ1n) is 9.33. The van der Waals surface area contributed by atoms with Crippen LogP contribution in [0, 0.1) is 5.82 Å². The van der Waals surface area contributed by atoms with Crippen LogP contribution < -0.4 is 5.32 Å². The average molecular weight is 346 g/mol. The van der Waals surface area contributed by atoms with E-state index in [4.69, 9.17) is 0 Å². The van der Waals surface area contributed by atoms with Gasteiger partial charge in [-0.2, -0.15) is 0 Å². The van der Waals surface area contributed by atoms with Crippen LogP contribution in [0.1, 0.15) is 61.6 Å². The minimum absolute atomic E-state index is 0.150. The Hall–Kier alpha value is -1.95. The van der Waals surface area contributed by atoms with Gasteiger partial charge in [0.1, 0.15) is 5.52 Å². The highest BCUT2D eigenvalue weighted by atomic mass is 19.1. The number of amides is 1. The van der Waals surface area contributed by atoms with E-state index in [1.54, 1.807) is 4.90 Å². The molecule has 6 heteroatoms. The lowest BCUT2D eigenvalue weighted by molar-refractivity contribution is 0.0745. The van der Waals surface area contributed by atoms with Gasteiger partial charge in [0.25, 0.3) is 5.91 Å². The van der Waals surface area contributed by atoms with Crippen LogP contribution in [0.5, 0.6) is 0 Å². The smallest absolute Gasteiger partial charge is 0.289 e. The molecule has 3 rings (SSSR count). The van der Waals surface area contributed by atoms with Crippen LogP contribution >= 0.6 is 0 Å². The molecule has 25 heavy (non-hydrogen) atoms. The second-order valence-corrected chi connectivity index (χ2v) is 6.77. The van der Waals surface area contributed by atoms with Crippen molar-refractivity contribution in [2.45, 2.75) is 45.4 Å². The number of carbonyl (C=O) groups is 1. The predicted octanol–water partition coefficient (Wildman–Crippen LogP) is 3.43. The molecule has 0 saturated carbocycles. The molecule has 0 bridgehead atoms. The molecule has 1 saturated heterocycles. The van der Waals surface area contributed by atoms with Crippen LogP contribution in [-0.2, 0) is 0 Å². The van der Waals surface area contributed by atoms with E-state index in [2.05, 4.69) is 15.3 Å². The Morgan fingerprint density at radius 2 is 1.92 bits per heavy atom. The first-order chi connectivity index (χ1) is 12.2. The molecule has 1 fully saturated rings. The normalized spacial score (nSPS) is 15.6. The lowest BCUT2D eigenvalue weighted by Gasteiger charge is -2.23. The van der Waals surface area contributed by atoms with Gasteiger partial charge in [-0.3, -0.25) is 4.79 Å². The van der Waals surface area contributed by atoms with E-state index in [1.807, 2.05) is 26.0 Å². The van der Waals surface area contributed by atoms with Crippen LogP contribution in [0.15, 0.2) is 12.1 Å². The number of piperidine rings is 1. The summed E-state index contributed by atoms with van der Waals surface area (Å²) >= 11 is 0. The van der Waals surface area contributed by atoms with E-state index in [0.717, 1.165) is 44.3 Å². The molecule has 2 heterocycles. The number of nitrogens with one attached hydrogen (secondary N) is 2. The summed E-state index contributed by atoms with van der Waals surface area (Å²) in [4.78, 5) is 21.8. The quantitative estimate of drug-likeness (QED) is 0.842. The van der Waals surface area contributed by atoms with Gasteiger partial charge in [0, 0.05) is 13.1 Å². The molecule has 2 N–H and O–H groups in total. The first-order valence-corrected chi connectivity index (χ1v) is 9.33. The van der Waals surface area contributed by atoms with Crippen LogP contribution in [0.4, 0.5) is 4.39 Å². The fourth-order valence-corrected chi connectivity index (χ4v) is 3.61. The number of aromatic nitrogens is 2. The van der Waals surface area contributed by atoms with Crippen molar-refractivity contribution in [1.29, 1.82) is 0 Å². The predicted molar refractivity (Wildman–Crippen MR) is 97.4 cm³/mol. The number of imidazole rings is 1. The number of nitrogens with zero attached hydrogens (tertiary/aromatic N) is 2. The van der Waals surface area contributed by atoms with E-state index >= 15 is 0 Å². The molecule has 1 aliphatic heterocycles. The molecule has 1 aliphatic rings. The van der Waals surface area contributed by atoms with E-state index in [-0.39, 0.29) is 29.0 Å². The standard InChI is InChI=1S/C19H27FN4O/c1-3-11-24(12-4-2)19(25)18-22-15-6-5-14(16(20)17(15)23-18)13-7-9-21-10-8-13/h5-6,13,21H,3-4,7-12H2,1-2H3,(H,22,23). The summed E-state index contributed by atoms with van der Waals surface area (Å²) in [5.74, 6) is 0.0244. The van der Waals surface area contributed by atoms with Crippen molar-refractivity contribution < 1.29 is 9.18 Å². The molecule has 1 aromatic carbocycles. The third kappa shape index (κ3) is 3.68. The molecular formula is C19H27FN4O. The second kappa shape index (κ2) is 7.95. The van der Waals surface area contributed by atoms with Crippen molar-refractivity contribution in [2.75, 3.05) is 26.2 Å². The van der Waals surface area contributed by atoms with Crippen LogP contribution in [-0.4, -0.2) is 47.0 Å². The topological polar surface area (TPSA) is 61.0 Å². The lowest BCUT2D eigenvalue weighted by atomic mass is 9.89. The van der Waals surface area contributed by atoms with Gasteiger partial charge in [0.2, 0.25) is 0 Å². The number of fused-ring (bicyclic) bond motifs is 1. The van der Waals surface area contributed by atoms with E-state index in [0.29, 0.717) is 18.6 Å². The summed E-state index contributed by atoms with van der Waals surface area (Å²) in [5, 5.41) is 3.30. The maximum absolute atomic E-state index is 15.0. The Labute approximate surface area is 148 Å². The van der Waals surface area contributed by atoms with Crippen LogP contribution in [0.25, 0.3) is 11.0 Å². The molecule has 136 valence electrons. The highest BCUT2D eigenvalue weighted by Gasteiger charge is 2.23. The van der Waals surface area contributed by atoms with Gasteiger partial charge < -0.3 is 15.2 Å². The van der Waals surface area contributed by atoms with Gasteiger partial charge in [-0.05, 0) is 56.3 Å². The Morgan fingerprint density at radius 3 is 2.56 bits per heavy atom. The number of H-pyrrole nitrogens is 1. The van der Waals surface area contributed by atoms with Crippen molar-refractivity contribution >= 4 is 16.9 Å². The fraction of sp³-hybridized carbons (Fsp3) is 0.579. The third-order valence-corrected chi connectivity index (χ3v) is 4.88. The summed E-state index contributed by atoms with van der Waals surface area (Å²) in [6.45, 7) is 7.28. The highest BCUT2D eigenvalue weighted by molar-refractivity contribution is 5.94. The number of rotatable bonds is 6. The summed E-state index contributed by atoms with van der Waals surface area (Å²) in [6, 6.07) is 3.69. The van der Waals surface area contributed by atoms with Gasteiger partial charge in [-0.1, -0.05) is 19.9 Å². The number of aromatic amines is 1. The van der Waals surface area contributed by atoms with Crippen LogP contribution in [0.2, 0.25) is 0 Å². The molecule has 0 spiro atoms. The summed E-state index contributed by atoms with van der Waals surface area (Å²) in [6.07, 6.45) is 3.64. The summed E-state index contributed by atoms with van der Waals surface area (Å²) in [5.41, 5.74) is 1.59. The molecule has 2 aromatic rings. The van der Waals surface area contributed by atoms with E-state index < -0.39 is 0 Å². The SMILES string of the molecule is CCCN(CCC)C(=O)c1nc2c(F)c(C3CCNCC3)ccc2[nH]1. The Morgan fingerprint density at radius 1 is 1.24 bits per heavy atom. The molecule has 0 radical (unpaired) electrons. The third-order valence-electron chi connectivity index (χ3n) is 4.88. The highest BCUT2D eigenvalue weighted by Crippen LogP contribution is 2.30. The zero-order valence-corrected chi connectivity index (χ0v) is 15.1. The van der Waals surface area contributed by atoms with Crippen molar-refractivity contribution in [3.63, 3.8) is 0 Å². The van der Waals surface area contributed by atoms with Gasteiger partial charge in [0.15, 0.2) is 11.6 Å². The zero-order chi connectivity index (χ0) is 17.8. The molecule has 0 unspecified atom stereocenters. The Bertz CT molecular complexity index is 730. The summed E-state index contributed by atoms with van der Waals surface area (Å²) < 4.78 is 15.0. The number of benzene rings is 1. The van der Waals surface area contributed by atoms with Crippen molar-refractivity contribution in [2.24, 2.45) is 0 Å². The van der Waals surface area contributed by atoms with Crippen molar-refractivity contribution in [1.82, 2.24) is 20.2 Å². The van der Waals surface area contributed by atoms with E-state index in [1.165, 1.54) is 0 Å². The lowest BCUT2D eigenvalue weighted by Crippen LogP contribution is -2.33. The monoisotopic (exact) mass is 346 g/mol. The first kappa shape index (κ1) is 17.9. The Kier molecular flexibility index (Phi) is 5.68. The molecule has 1 aromatic heterocycles. The molecule has 0 atom stereocenters. The number of hydrogen-bond donors (Lipinski definition) is 2. The zero-order valence-electron chi connectivity index (χ0n) is 15.1. The molecular weight excluding hydrogens is 319 g/mol. The second-order valence-electron chi connectivity index (χ2n) is 6.77. The number of carbonyl (C=O) groups excluding carboxylic acids is 1. The minimum Gasteiger partial charge on any atom is -0.336 e. The Balaban J connectivity index is 1.91. The minimum atomic E-state index is -0.280. The van der Waals surface area contributed by atoms with Gasteiger partial charge in [-0.15, -0.1) is 0 Å². The van der Waals surface area contributed by atoms with Crippen molar-refractivity contribution in [3.05, 3.63) is 29.3 Å². The molecule has 0 aliphatic carbocycles. The molecule has 1 amide bonds. The molecule has 5 nitrogen and oxygen atoms in total. The summed E-state index contributed by atoms with van der Waals surface area (Å²) in [7, 11) is 0. The number of halogens is 1. The maximum Gasteiger partial charge on any atom is 0.289 e. The van der Waals surface area contributed by atoms with Gasteiger partial charge in [-0.25, -0.2) is 9.37 Å². The van der Waals surface area contributed by atoms with Gasteiger partial charge in [0.05, 0.1) is 5.52 Å². The maximum atomic E-state index is 15.0. The average Bonchev–Trinajstić information content (AvgIpc) is 3.07. The van der Waals surface area contributed by atoms with Crippen LogP contribution in [0.3, 0.4) is 0 Å². The van der Waals surface area contributed by atoms with Gasteiger partial charge >= 0.3 is 0 Å². The van der Waals surface area contributed by atoms with E-state index in [9.17, 15) is 9.18 Å². The number of hydrogen-bond acceptors (Lipinski definition) is 3. The largest absolute Gasteiger partial charge is 0.336 e. The fourth-order valence-electron chi connectivity index (χ4n) is 3.61.